The molecule has 158 valence electrons. The minimum Gasteiger partial charge on any atom is -0.484 e. The topological polar surface area (TPSA) is 58.6 Å². The van der Waals surface area contributed by atoms with E-state index in [-0.39, 0.29) is 25.0 Å². The van der Waals surface area contributed by atoms with Crippen LogP contribution in [0.5, 0.6) is 5.75 Å². The SMILES string of the molecule is C=CCNC(=O)[C@H](c1ccccc1)N(Cc1ccccc1)C(=O)COc1ccccc1. The quantitative estimate of drug-likeness (QED) is 0.508. The molecule has 0 saturated carbocycles. The lowest BCUT2D eigenvalue weighted by atomic mass is 10.0. The lowest BCUT2D eigenvalue weighted by Gasteiger charge is -2.31. The van der Waals surface area contributed by atoms with Crippen molar-refractivity contribution in [2.75, 3.05) is 13.2 Å². The van der Waals surface area contributed by atoms with E-state index < -0.39 is 6.04 Å². The van der Waals surface area contributed by atoms with Gasteiger partial charge < -0.3 is 15.0 Å². The maximum absolute atomic E-state index is 13.3. The van der Waals surface area contributed by atoms with E-state index in [1.807, 2.05) is 78.9 Å². The van der Waals surface area contributed by atoms with E-state index in [9.17, 15) is 9.59 Å². The maximum atomic E-state index is 13.3. The van der Waals surface area contributed by atoms with Crippen molar-refractivity contribution >= 4 is 11.8 Å². The fourth-order valence-corrected chi connectivity index (χ4v) is 3.23. The van der Waals surface area contributed by atoms with Gasteiger partial charge >= 0.3 is 0 Å². The molecule has 1 atom stereocenters. The van der Waals surface area contributed by atoms with Gasteiger partial charge in [-0.05, 0) is 23.3 Å². The largest absolute Gasteiger partial charge is 0.484 e. The van der Waals surface area contributed by atoms with Crippen LogP contribution in [0.1, 0.15) is 17.2 Å². The number of nitrogens with zero attached hydrogens (tertiary/aromatic N) is 1. The van der Waals surface area contributed by atoms with Crippen molar-refractivity contribution in [3.63, 3.8) is 0 Å². The van der Waals surface area contributed by atoms with Gasteiger partial charge in [0.2, 0.25) is 5.91 Å². The number of hydrogen-bond acceptors (Lipinski definition) is 3. The Morgan fingerprint density at radius 1 is 0.903 bits per heavy atom. The normalized spacial score (nSPS) is 11.2. The molecule has 0 saturated heterocycles. The molecule has 0 aliphatic rings. The summed E-state index contributed by atoms with van der Waals surface area (Å²) in [6.07, 6.45) is 1.61. The van der Waals surface area contributed by atoms with Crippen molar-refractivity contribution in [1.82, 2.24) is 10.2 Å². The van der Waals surface area contributed by atoms with Crippen LogP contribution in [-0.4, -0.2) is 29.9 Å². The summed E-state index contributed by atoms with van der Waals surface area (Å²) in [5.74, 6) is 0.0493. The molecule has 0 bridgehead atoms. The number of nitrogens with one attached hydrogen (secondary N) is 1. The zero-order valence-electron chi connectivity index (χ0n) is 17.3. The molecule has 0 heterocycles. The molecule has 3 aromatic rings. The molecule has 31 heavy (non-hydrogen) atoms. The van der Waals surface area contributed by atoms with Crippen LogP contribution in [0, 0.1) is 0 Å². The molecule has 0 aliphatic heterocycles. The summed E-state index contributed by atoms with van der Waals surface area (Å²) in [7, 11) is 0. The smallest absolute Gasteiger partial charge is 0.261 e. The summed E-state index contributed by atoms with van der Waals surface area (Å²) in [5.41, 5.74) is 1.65. The van der Waals surface area contributed by atoms with Gasteiger partial charge in [-0.25, -0.2) is 0 Å². The van der Waals surface area contributed by atoms with Crippen LogP contribution in [0.25, 0.3) is 0 Å². The Morgan fingerprint density at radius 3 is 2.10 bits per heavy atom. The van der Waals surface area contributed by atoms with Gasteiger partial charge in [0.05, 0.1) is 0 Å². The number of ether oxygens (including phenoxy) is 1. The number of rotatable bonds is 10. The first kappa shape index (κ1) is 21.8. The molecule has 3 rings (SSSR count). The van der Waals surface area contributed by atoms with Gasteiger partial charge in [0, 0.05) is 13.1 Å². The van der Waals surface area contributed by atoms with Crippen LogP contribution in [-0.2, 0) is 16.1 Å². The third kappa shape index (κ3) is 6.31. The highest BCUT2D eigenvalue weighted by atomic mass is 16.5. The third-order valence-electron chi connectivity index (χ3n) is 4.72. The molecule has 0 radical (unpaired) electrons. The molecule has 0 aliphatic carbocycles. The lowest BCUT2D eigenvalue weighted by Crippen LogP contribution is -2.45. The molecular weight excluding hydrogens is 388 g/mol. The maximum Gasteiger partial charge on any atom is 0.261 e. The van der Waals surface area contributed by atoms with Crippen LogP contribution < -0.4 is 10.1 Å². The van der Waals surface area contributed by atoms with Crippen LogP contribution in [0.4, 0.5) is 0 Å². The standard InChI is InChI=1S/C26H26N2O3/c1-2-18-27-26(30)25(22-14-8-4-9-15-22)28(19-21-12-6-3-7-13-21)24(29)20-31-23-16-10-5-11-17-23/h2-17,25H,1,18-20H2,(H,27,30)/t25-/m0/s1. The van der Waals surface area contributed by atoms with E-state index in [1.54, 1.807) is 23.1 Å². The first-order chi connectivity index (χ1) is 15.2. The molecule has 0 spiro atoms. The predicted molar refractivity (Wildman–Crippen MR) is 121 cm³/mol. The van der Waals surface area contributed by atoms with Gasteiger partial charge in [0.1, 0.15) is 11.8 Å². The summed E-state index contributed by atoms with van der Waals surface area (Å²) >= 11 is 0. The highest BCUT2D eigenvalue weighted by Gasteiger charge is 2.31. The van der Waals surface area contributed by atoms with Gasteiger partial charge in [-0.1, -0.05) is 84.9 Å². The fourth-order valence-electron chi connectivity index (χ4n) is 3.23. The van der Waals surface area contributed by atoms with Crippen molar-refractivity contribution < 1.29 is 14.3 Å². The van der Waals surface area contributed by atoms with E-state index in [1.165, 1.54) is 0 Å². The van der Waals surface area contributed by atoms with Gasteiger partial charge in [-0.2, -0.15) is 0 Å². The summed E-state index contributed by atoms with van der Waals surface area (Å²) in [4.78, 5) is 28.0. The molecule has 3 aromatic carbocycles. The minimum atomic E-state index is -0.798. The van der Waals surface area contributed by atoms with Crippen molar-refractivity contribution in [3.05, 3.63) is 115 Å². The molecule has 0 aromatic heterocycles. The average Bonchev–Trinajstić information content (AvgIpc) is 2.83. The molecular formula is C26H26N2O3. The van der Waals surface area contributed by atoms with Gasteiger partial charge in [0.15, 0.2) is 6.61 Å². The first-order valence-corrected chi connectivity index (χ1v) is 10.1. The predicted octanol–water partition coefficient (Wildman–Crippen LogP) is 4.14. The van der Waals surface area contributed by atoms with Crippen LogP contribution in [0.3, 0.4) is 0 Å². The van der Waals surface area contributed by atoms with Gasteiger partial charge in [-0.3, -0.25) is 9.59 Å². The average molecular weight is 415 g/mol. The molecule has 0 fully saturated rings. The van der Waals surface area contributed by atoms with Crippen LogP contribution >= 0.6 is 0 Å². The van der Waals surface area contributed by atoms with Crippen LogP contribution in [0.2, 0.25) is 0 Å². The number of hydrogen-bond donors (Lipinski definition) is 1. The Morgan fingerprint density at radius 2 is 1.48 bits per heavy atom. The number of carbonyl (C=O) groups is 2. The Kier molecular flexibility index (Phi) is 8.00. The summed E-state index contributed by atoms with van der Waals surface area (Å²) in [6, 6.07) is 27.2. The third-order valence-corrected chi connectivity index (χ3v) is 4.72. The van der Waals surface area contributed by atoms with E-state index >= 15 is 0 Å². The second-order valence-electron chi connectivity index (χ2n) is 6.96. The van der Waals surface area contributed by atoms with E-state index in [0.29, 0.717) is 12.3 Å². The number of benzene rings is 3. The number of para-hydroxylation sites is 1. The highest BCUT2D eigenvalue weighted by molar-refractivity contribution is 5.89. The van der Waals surface area contributed by atoms with Crippen molar-refractivity contribution in [2.24, 2.45) is 0 Å². The summed E-state index contributed by atoms with van der Waals surface area (Å²) in [6.45, 7) is 4.08. The van der Waals surface area contributed by atoms with E-state index in [2.05, 4.69) is 11.9 Å². The Labute approximate surface area is 183 Å². The van der Waals surface area contributed by atoms with Crippen molar-refractivity contribution in [3.8, 4) is 5.75 Å². The zero-order chi connectivity index (χ0) is 21.9. The Balaban J connectivity index is 1.91. The van der Waals surface area contributed by atoms with E-state index in [4.69, 9.17) is 4.74 Å². The minimum absolute atomic E-state index is 0.172. The summed E-state index contributed by atoms with van der Waals surface area (Å²) < 4.78 is 5.69. The summed E-state index contributed by atoms with van der Waals surface area (Å²) in [5, 5.41) is 2.83. The van der Waals surface area contributed by atoms with Gasteiger partial charge in [-0.15, -0.1) is 6.58 Å². The molecule has 2 amide bonds. The number of carbonyl (C=O) groups excluding carboxylic acids is 2. The Bertz CT molecular complexity index is 975. The lowest BCUT2D eigenvalue weighted by molar-refractivity contribution is -0.143. The molecule has 1 N–H and O–H groups in total. The van der Waals surface area contributed by atoms with Crippen LogP contribution in [0.15, 0.2) is 104 Å². The van der Waals surface area contributed by atoms with Gasteiger partial charge in [0.25, 0.3) is 5.91 Å². The molecule has 0 unspecified atom stereocenters. The highest BCUT2D eigenvalue weighted by Crippen LogP contribution is 2.24. The van der Waals surface area contributed by atoms with Crippen molar-refractivity contribution in [1.29, 1.82) is 0 Å². The van der Waals surface area contributed by atoms with Crippen molar-refractivity contribution in [2.45, 2.75) is 12.6 Å². The fraction of sp³-hybridized carbons (Fsp3) is 0.154. The zero-order valence-corrected chi connectivity index (χ0v) is 17.3. The Hall–Kier alpha value is -3.86. The number of amides is 2. The molecule has 5 heteroatoms. The molecule has 5 nitrogen and oxygen atoms in total. The second-order valence-corrected chi connectivity index (χ2v) is 6.96. The second kappa shape index (κ2) is 11.4. The monoisotopic (exact) mass is 414 g/mol. The first-order valence-electron chi connectivity index (χ1n) is 10.1. The van der Waals surface area contributed by atoms with E-state index in [0.717, 1.165) is 11.1 Å².